The number of aromatic hydroxyl groups is 3. The van der Waals surface area contributed by atoms with Crippen molar-refractivity contribution in [3.8, 4) is 40.4 Å². The molecule has 13 nitrogen and oxygen atoms in total. The maximum atomic E-state index is 13.9. The summed E-state index contributed by atoms with van der Waals surface area (Å²) < 4.78 is 19.4. The number of tetrazole rings is 1. The standard InChI is InChI=1S/C32H31N5O8/c1-19-15-26(40)30(31(42)36(19)14-13-20-9-11-24(38)25(39)16-20)23(18-29(41)44-3)21-10-12-27(28(17-21)43-2)45-32-33-34-35-37(32)22-7-5-4-6-8-22/h4-12,15-17,23,38-40H,13-14,18H2,1-3H3. The second-order valence-electron chi connectivity index (χ2n) is 10.2. The summed E-state index contributed by atoms with van der Waals surface area (Å²) in [5, 5.41) is 42.2. The Morgan fingerprint density at radius 3 is 2.40 bits per heavy atom. The van der Waals surface area contributed by atoms with Crippen LogP contribution in [0.15, 0.2) is 77.6 Å². The van der Waals surface area contributed by atoms with Crippen molar-refractivity contribution in [2.45, 2.75) is 32.2 Å². The minimum atomic E-state index is -0.910. The highest BCUT2D eigenvalue weighted by Crippen LogP contribution is 2.38. The second kappa shape index (κ2) is 13.2. The molecule has 0 fully saturated rings. The van der Waals surface area contributed by atoms with E-state index >= 15 is 0 Å². The number of hydrogen-bond donors (Lipinski definition) is 3. The molecule has 2 heterocycles. The van der Waals surface area contributed by atoms with Crippen LogP contribution in [0.4, 0.5) is 0 Å². The van der Waals surface area contributed by atoms with Crippen molar-refractivity contribution in [1.29, 1.82) is 0 Å². The molecule has 0 spiro atoms. The molecule has 2 aromatic heterocycles. The van der Waals surface area contributed by atoms with Crippen LogP contribution in [-0.2, 0) is 22.5 Å². The molecule has 5 aromatic rings. The van der Waals surface area contributed by atoms with Crippen LogP contribution in [0, 0.1) is 6.92 Å². The van der Waals surface area contributed by atoms with E-state index in [2.05, 4.69) is 15.5 Å². The lowest BCUT2D eigenvalue weighted by atomic mass is 9.88. The van der Waals surface area contributed by atoms with E-state index in [1.165, 1.54) is 41.7 Å². The van der Waals surface area contributed by atoms with Crippen molar-refractivity contribution in [3.05, 3.63) is 106 Å². The number of para-hydroxylation sites is 1. The lowest BCUT2D eigenvalue weighted by Crippen LogP contribution is -2.29. The van der Waals surface area contributed by atoms with Crippen molar-refractivity contribution in [3.63, 3.8) is 0 Å². The average Bonchev–Trinajstić information content (AvgIpc) is 3.50. The number of benzene rings is 3. The molecule has 3 aromatic carbocycles. The highest BCUT2D eigenvalue weighted by Gasteiger charge is 2.28. The smallest absolute Gasteiger partial charge is 0.346 e. The molecule has 1 unspecified atom stereocenters. The van der Waals surface area contributed by atoms with Crippen LogP contribution in [0.1, 0.15) is 34.7 Å². The van der Waals surface area contributed by atoms with Gasteiger partial charge in [-0.1, -0.05) is 35.4 Å². The minimum absolute atomic E-state index is 0.00305. The van der Waals surface area contributed by atoms with Gasteiger partial charge in [0.25, 0.3) is 5.56 Å². The first-order valence-electron chi connectivity index (χ1n) is 13.9. The van der Waals surface area contributed by atoms with Crippen LogP contribution in [-0.4, -0.2) is 60.3 Å². The minimum Gasteiger partial charge on any atom is -0.507 e. The van der Waals surface area contributed by atoms with Gasteiger partial charge in [-0.05, 0) is 77.4 Å². The quantitative estimate of drug-likeness (QED) is 0.145. The number of carbonyl (C=O) groups excluding carboxylic acids is 1. The molecular weight excluding hydrogens is 582 g/mol. The number of hydrogen-bond acceptors (Lipinski definition) is 11. The van der Waals surface area contributed by atoms with Crippen molar-refractivity contribution < 1.29 is 34.3 Å². The van der Waals surface area contributed by atoms with Crippen LogP contribution in [0.25, 0.3) is 5.69 Å². The van der Waals surface area contributed by atoms with Gasteiger partial charge in [-0.3, -0.25) is 9.59 Å². The third kappa shape index (κ3) is 6.56. The zero-order valence-electron chi connectivity index (χ0n) is 24.7. The molecule has 13 heteroatoms. The van der Waals surface area contributed by atoms with Gasteiger partial charge in [-0.25, -0.2) is 0 Å². The summed E-state index contributed by atoms with van der Waals surface area (Å²) in [6, 6.07) is 20.0. The number of phenols is 2. The Balaban J connectivity index is 1.51. The summed E-state index contributed by atoms with van der Waals surface area (Å²) in [7, 11) is 2.69. The fourth-order valence-electron chi connectivity index (χ4n) is 5.03. The highest BCUT2D eigenvalue weighted by molar-refractivity contribution is 5.72. The molecule has 0 aliphatic heterocycles. The van der Waals surface area contributed by atoms with E-state index in [1.807, 2.05) is 30.3 Å². The van der Waals surface area contributed by atoms with E-state index in [0.29, 0.717) is 28.9 Å². The number of ether oxygens (including phenoxy) is 3. The number of phenolic OH excluding ortho intramolecular Hbond substituents is 2. The summed E-state index contributed by atoms with van der Waals surface area (Å²) in [6.45, 7) is 1.89. The molecule has 3 N–H and O–H groups in total. The molecule has 0 amide bonds. The number of rotatable bonds is 11. The predicted octanol–water partition coefficient (Wildman–Crippen LogP) is 3.99. The molecule has 232 valence electrons. The van der Waals surface area contributed by atoms with Gasteiger partial charge in [0.05, 0.1) is 31.9 Å². The number of pyridine rings is 1. The van der Waals surface area contributed by atoms with Crippen molar-refractivity contribution >= 4 is 5.97 Å². The van der Waals surface area contributed by atoms with Gasteiger partial charge in [-0.2, -0.15) is 4.68 Å². The van der Waals surface area contributed by atoms with E-state index in [4.69, 9.17) is 14.2 Å². The zero-order valence-corrected chi connectivity index (χ0v) is 24.7. The molecular formula is C32H31N5O8. The Labute approximate surface area is 257 Å². The lowest BCUT2D eigenvalue weighted by Gasteiger charge is -2.21. The van der Waals surface area contributed by atoms with Gasteiger partial charge in [-0.15, -0.1) is 0 Å². The fourth-order valence-corrected chi connectivity index (χ4v) is 5.03. The van der Waals surface area contributed by atoms with Gasteiger partial charge in [0.2, 0.25) is 0 Å². The Hall–Kier alpha value is -5.85. The first kappa shape index (κ1) is 30.6. The molecule has 0 aliphatic rings. The van der Waals surface area contributed by atoms with E-state index < -0.39 is 17.4 Å². The van der Waals surface area contributed by atoms with Crippen molar-refractivity contribution in [1.82, 2.24) is 24.8 Å². The normalized spacial score (nSPS) is 11.6. The summed E-state index contributed by atoms with van der Waals surface area (Å²) in [6.07, 6.45) is 0.104. The third-order valence-electron chi connectivity index (χ3n) is 7.37. The summed E-state index contributed by atoms with van der Waals surface area (Å²) >= 11 is 0. The molecule has 0 radical (unpaired) electrons. The topological polar surface area (TPSA) is 171 Å². The lowest BCUT2D eigenvalue weighted by molar-refractivity contribution is -0.140. The van der Waals surface area contributed by atoms with Gasteiger partial charge < -0.3 is 34.1 Å². The van der Waals surface area contributed by atoms with Gasteiger partial charge >= 0.3 is 12.0 Å². The van der Waals surface area contributed by atoms with Crippen LogP contribution in [0.2, 0.25) is 0 Å². The second-order valence-corrected chi connectivity index (χ2v) is 10.2. The maximum Gasteiger partial charge on any atom is 0.346 e. The first-order valence-corrected chi connectivity index (χ1v) is 13.9. The van der Waals surface area contributed by atoms with Crippen LogP contribution >= 0.6 is 0 Å². The van der Waals surface area contributed by atoms with Gasteiger partial charge in [0, 0.05) is 18.2 Å². The first-order chi connectivity index (χ1) is 21.7. The van der Waals surface area contributed by atoms with E-state index in [0.717, 1.165) is 0 Å². The van der Waals surface area contributed by atoms with E-state index in [1.54, 1.807) is 31.2 Å². The molecule has 0 saturated heterocycles. The number of methoxy groups -OCH3 is 2. The van der Waals surface area contributed by atoms with Gasteiger partial charge in [0.1, 0.15) is 5.75 Å². The molecule has 0 bridgehead atoms. The number of esters is 1. The Morgan fingerprint density at radius 2 is 1.69 bits per heavy atom. The van der Waals surface area contributed by atoms with Crippen LogP contribution < -0.4 is 15.0 Å². The fraction of sp³-hybridized carbons (Fsp3) is 0.219. The van der Waals surface area contributed by atoms with E-state index in [9.17, 15) is 24.9 Å². The van der Waals surface area contributed by atoms with Crippen molar-refractivity contribution in [2.24, 2.45) is 0 Å². The Bertz CT molecular complexity index is 1890. The number of nitrogens with zero attached hydrogens (tertiary/aromatic N) is 5. The molecule has 5 rings (SSSR count). The summed E-state index contributed by atoms with van der Waals surface area (Å²) in [5.74, 6) is -1.74. The molecule has 0 saturated carbocycles. The van der Waals surface area contributed by atoms with Crippen LogP contribution in [0.3, 0.4) is 0 Å². The number of carbonyl (C=O) groups is 1. The number of aromatic nitrogens is 5. The van der Waals surface area contributed by atoms with E-state index in [-0.39, 0.29) is 53.3 Å². The SMILES string of the molecule is COC(=O)CC(c1ccc(Oc2nnnn2-c2ccccc2)c(OC)c1)c1c(O)cc(C)n(CCc2ccc(O)c(O)c2)c1=O. The predicted molar refractivity (Wildman–Crippen MR) is 161 cm³/mol. The monoisotopic (exact) mass is 613 g/mol. The van der Waals surface area contributed by atoms with Crippen molar-refractivity contribution in [2.75, 3.05) is 14.2 Å². The Kier molecular flexibility index (Phi) is 8.98. The molecule has 0 aliphatic carbocycles. The largest absolute Gasteiger partial charge is 0.507 e. The highest BCUT2D eigenvalue weighted by atomic mass is 16.5. The average molecular weight is 614 g/mol. The Morgan fingerprint density at radius 1 is 0.911 bits per heavy atom. The number of aryl methyl sites for hydroxylation is 2. The molecule has 45 heavy (non-hydrogen) atoms. The molecule has 1 atom stereocenters. The van der Waals surface area contributed by atoms with Gasteiger partial charge in [0.15, 0.2) is 23.0 Å². The summed E-state index contributed by atoms with van der Waals surface area (Å²) in [4.78, 5) is 26.5. The summed E-state index contributed by atoms with van der Waals surface area (Å²) in [5.41, 5.74) is 1.86. The zero-order chi connectivity index (χ0) is 32.1. The van der Waals surface area contributed by atoms with Crippen LogP contribution in [0.5, 0.6) is 34.8 Å². The third-order valence-corrected chi connectivity index (χ3v) is 7.37. The maximum absolute atomic E-state index is 13.9.